The van der Waals surface area contributed by atoms with Crippen molar-refractivity contribution in [2.45, 2.75) is 33.0 Å². The Labute approximate surface area is 326 Å². The molecular formula is C49H40N4O3. The van der Waals surface area contributed by atoms with Gasteiger partial charge in [-0.3, -0.25) is 4.57 Å². The lowest BCUT2D eigenvalue weighted by Gasteiger charge is -2.16. The summed E-state index contributed by atoms with van der Waals surface area (Å²) < 4.78 is 23.5. The standard InChI is InChI=1S/C49H40N4O3/c1-34(2)37-25-26-50-48(27-37)53-44-20-10-9-19-42(44)43-24-23-41(29-45(43)53)56-40-18-11-17-39(28-40)52-31-38(30-51-52)49-46(54-32-35-13-5-3-6-14-35)21-12-22-47(49)55-33-36-15-7-4-8-16-36/h3-31,34H,32-33H2,1-2H3. The van der Waals surface area contributed by atoms with Crippen molar-refractivity contribution in [3.8, 4) is 45.6 Å². The van der Waals surface area contributed by atoms with E-state index in [4.69, 9.17) is 24.3 Å². The summed E-state index contributed by atoms with van der Waals surface area (Å²) in [4.78, 5) is 4.80. The van der Waals surface area contributed by atoms with Gasteiger partial charge in [0.15, 0.2) is 0 Å². The van der Waals surface area contributed by atoms with E-state index in [-0.39, 0.29) is 0 Å². The van der Waals surface area contributed by atoms with Crippen molar-refractivity contribution >= 4 is 21.8 Å². The number of nitrogens with zero attached hydrogens (tertiary/aromatic N) is 4. The van der Waals surface area contributed by atoms with Gasteiger partial charge < -0.3 is 14.2 Å². The molecule has 0 N–H and O–H groups in total. The van der Waals surface area contributed by atoms with Crippen LogP contribution in [0.15, 0.2) is 176 Å². The van der Waals surface area contributed by atoms with Crippen LogP contribution in [0, 0.1) is 0 Å². The molecule has 0 unspecified atom stereocenters. The highest BCUT2D eigenvalue weighted by atomic mass is 16.5. The summed E-state index contributed by atoms with van der Waals surface area (Å²) in [5.41, 5.74) is 8.11. The molecule has 6 aromatic carbocycles. The van der Waals surface area contributed by atoms with Crippen LogP contribution in [0.1, 0.15) is 36.5 Å². The average molecular weight is 733 g/mol. The molecular weight excluding hydrogens is 693 g/mol. The lowest BCUT2D eigenvalue weighted by molar-refractivity contribution is 0.292. The molecule has 9 aromatic rings. The van der Waals surface area contributed by atoms with Crippen LogP contribution < -0.4 is 14.2 Å². The molecule has 0 aliphatic carbocycles. The quantitative estimate of drug-likeness (QED) is 0.125. The van der Waals surface area contributed by atoms with Crippen molar-refractivity contribution < 1.29 is 14.2 Å². The molecule has 3 aromatic heterocycles. The lowest BCUT2D eigenvalue weighted by Crippen LogP contribution is -2.01. The Balaban J connectivity index is 1.03. The Morgan fingerprint density at radius 2 is 1.25 bits per heavy atom. The summed E-state index contributed by atoms with van der Waals surface area (Å²) in [5, 5.41) is 7.11. The fourth-order valence-corrected chi connectivity index (χ4v) is 7.10. The van der Waals surface area contributed by atoms with E-state index in [2.05, 4.69) is 91.2 Å². The van der Waals surface area contributed by atoms with E-state index in [0.717, 1.165) is 67.4 Å². The van der Waals surface area contributed by atoms with E-state index in [1.807, 2.05) is 108 Å². The molecule has 0 aliphatic rings. The Bertz CT molecular complexity index is 2710. The minimum absolute atomic E-state index is 0.389. The highest BCUT2D eigenvalue weighted by Gasteiger charge is 2.18. The third-order valence-electron chi connectivity index (χ3n) is 9.96. The molecule has 0 radical (unpaired) electrons. The van der Waals surface area contributed by atoms with E-state index in [1.54, 1.807) is 0 Å². The molecule has 274 valence electrons. The van der Waals surface area contributed by atoms with Crippen LogP contribution in [0.4, 0.5) is 0 Å². The zero-order valence-electron chi connectivity index (χ0n) is 31.2. The first-order valence-electron chi connectivity index (χ1n) is 18.9. The zero-order valence-corrected chi connectivity index (χ0v) is 31.2. The molecule has 0 saturated heterocycles. The molecule has 7 nitrogen and oxygen atoms in total. The van der Waals surface area contributed by atoms with E-state index < -0.39 is 0 Å². The number of fused-ring (bicyclic) bond motifs is 3. The number of aromatic nitrogens is 4. The second-order valence-electron chi connectivity index (χ2n) is 14.1. The zero-order chi connectivity index (χ0) is 37.8. The van der Waals surface area contributed by atoms with Gasteiger partial charge in [-0.15, -0.1) is 0 Å². The monoisotopic (exact) mass is 732 g/mol. The topological polar surface area (TPSA) is 63.3 Å². The highest BCUT2D eigenvalue weighted by Crippen LogP contribution is 2.40. The maximum Gasteiger partial charge on any atom is 0.137 e. The van der Waals surface area contributed by atoms with E-state index in [1.165, 1.54) is 10.9 Å². The van der Waals surface area contributed by atoms with Gasteiger partial charge in [-0.1, -0.05) is 105 Å². The minimum Gasteiger partial charge on any atom is -0.488 e. The SMILES string of the molecule is CC(C)c1ccnc(-n2c3ccccc3c3ccc(Oc4cccc(-n5cc(-c6c(OCc7ccccc7)cccc6OCc6ccccc6)cn5)c4)cc32)c1. The van der Waals surface area contributed by atoms with Crippen molar-refractivity contribution in [2.24, 2.45) is 0 Å². The summed E-state index contributed by atoms with van der Waals surface area (Å²) in [6, 6.07) is 53.2. The van der Waals surface area contributed by atoms with Crippen molar-refractivity contribution in [2.75, 3.05) is 0 Å². The molecule has 56 heavy (non-hydrogen) atoms. The Morgan fingerprint density at radius 1 is 0.589 bits per heavy atom. The van der Waals surface area contributed by atoms with E-state index in [0.29, 0.717) is 24.9 Å². The predicted molar refractivity (Wildman–Crippen MR) is 223 cm³/mol. The van der Waals surface area contributed by atoms with Crippen molar-refractivity contribution in [1.29, 1.82) is 0 Å². The number of benzene rings is 6. The fraction of sp³-hybridized carbons (Fsp3) is 0.102. The number of pyridine rings is 1. The third kappa shape index (κ3) is 7.10. The minimum atomic E-state index is 0.389. The van der Waals surface area contributed by atoms with Crippen LogP contribution in [0.25, 0.3) is 44.4 Å². The second kappa shape index (κ2) is 15.3. The normalized spacial score (nSPS) is 11.3. The van der Waals surface area contributed by atoms with Gasteiger partial charge in [0.25, 0.3) is 0 Å². The smallest absolute Gasteiger partial charge is 0.137 e. The summed E-state index contributed by atoms with van der Waals surface area (Å²) in [5.74, 6) is 4.13. The van der Waals surface area contributed by atoms with Gasteiger partial charge in [0.2, 0.25) is 0 Å². The van der Waals surface area contributed by atoms with Gasteiger partial charge in [-0.05, 0) is 77.2 Å². The van der Waals surface area contributed by atoms with Gasteiger partial charge in [0.05, 0.1) is 28.5 Å². The fourth-order valence-electron chi connectivity index (χ4n) is 7.10. The molecule has 0 atom stereocenters. The van der Waals surface area contributed by atoms with Crippen LogP contribution in [-0.2, 0) is 13.2 Å². The molecule has 0 saturated carbocycles. The average Bonchev–Trinajstić information content (AvgIpc) is 3.86. The molecule has 0 bridgehead atoms. The van der Waals surface area contributed by atoms with E-state index in [9.17, 15) is 0 Å². The van der Waals surface area contributed by atoms with Crippen molar-refractivity contribution in [3.63, 3.8) is 0 Å². The summed E-state index contributed by atoms with van der Waals surface area (Å²) in [6.07, 6.45) is 5.75. The first-order valence-corrected chi connectivity index (χ1v) is 18.9. The second-order valence-corrected chi connectivity index (χ2v) is 14.1. The maximum atomic E-state index is 6.56. The number of hydrogen-bond donors (Lipinski definition) is 0. The van der Waals surface area contributed by atoms with Crippen molar-refractivity contribution in [1.82, 2.24) is 19.3 Å². The molecule has 9 rings (SSSR count). The van der Waals surface area contributed by atoms with E-state index >= 15 is 0 Å². The van der Waals surface area contributed by atoms with Crippen LogP contribution in [0.5, 0.6) is 23.0 Å². The van der Waals surface area contributed by atoms with Gasteiger partial charge >= 0.3 is 0 Å². The van der Waals surface area contributed by atoms with Crippen LogP contribution in [0.3, 0.4) is 0 Å². The lowest BCUT2D eigenvalue weighted by atomic mass is 10.1. The predicted octanol–water partition coefficient (Wildman–Crippen LogP) is 12.1. The highest BCUT2D eigenvalue weighted by molar-refractivity contribution is 6.09. The van der Waals surface area contributed by atoms with Crippen molar-refractivity contribution in [3.05, 3.63) is 193 Å². The third-order valence-corrected chi connectivity index (χ3v) is 9.96. The number of rotatable bonds is 12. The number of hydrogen-bond acceptors (Lipinski definition) is 5. The Kier molecular flexibility index (Phi) is 9.47. The summed E-state index contributed by atoms with van der Waals surface area (Å²) in [7, 11) is 0. The Morgan fingerprint density at radius 3 is 1.98 bits per heavy atom. The first-order chi connectivity index (χ1) is 27.6. The first kappa shape index (κ1) is 34.6. The molecule has 0 spiro atoms. The van der Waals surface area contributed by atoms with Gasteiger partial charge in [0.1, 0.15) is 42.0 Å². The number of ether oxygens (including phenoxy) is 3. The van der Waals surface area contributed by atoms with Gasteiger partial charge in [0, 0.05) is 40.9 Å². The largest absolute Gasteiger partial charge is 0.488 e. The molecule has 0 amide bonds. The molecule has 7 heteroatoms. The summed E-state index contributed by atoms with van der Waals surface area (Å²) >= 11 is 0. The van der Waals surface area contributed by atoms with Crippen LogP contribution in [-0.4, -0.2) is 19.3 Å². The molecule has 3 heterocycles. The van der Waals surface area contributed by atoms with Crippen LogP contribution >= 0.6 is 0 Å². The molecule has 0 aliphatic heterocycles. The summed E-state index contributed by atoms with van der Waals surface area (Å²) in [6.45, 7) is 5.26. The Hall–Kier alpha value is -7.12. The van der Waals surface area contributed by atoms with Gasteiger partial charge in [-0.2, -0.15) is 5.10 Å². The van der Waals surface area contributed by atoms with Crippen LogP contribution in [0.2, 0.25) is 0 Å². The van der Waals surface area contributed by atoms with Gasteiger partial charge in [-0.25, -0.2) is 9.67 Å². The maximum absolute atomic E-state index is 6.56. The molecule has 0 fully saturated rings. The number of para-hydroxylation sites is 1.